The third kappa shape index (κ3) is 4.38. The molecule has 112 valence electrons. The highest BCUT2D eigenvalue weighted by atomic mass is 35.5. The van der Waals surface area contributed by atoms with E-state index < -0.39 is 9.84 Å². The van der Waals surface area contributed by atoms with Crippen LogP contribution in [0.3, 0.4) is 0 Å². The highest BCUT2D eigenvalue weighted by Gasteiger charge is 2.14. The molecule has 0 atom stereocenters. The summed E-state index contributed by atoms with van der Waals surface area (Å²) in [4.78, 5) is 0.307. The fraction of sp³-hybridized carbons (Fsp3) is 0.600. The first kappa shape index (κ1) is 15.6. The van der Waals surface area contributed by atoms with Gasteiger partial charge in [-0.3, -0.25) is 0 Å². The molecule has 1 aromatic rings. The highest BCUT2D eigenvalue weighted by Crippen LogP contribution is 2.28. The van der Waals surface area contributed by atoms with Crippen molar-refractivity contribution in [2.45, 2.75) is 43.4 Å². The zero-order valence-electron chi connectivity index (χ0n) is 11.9. The van der Waals surface area contributed by atoms with Gasteiger partial charge in [-0.05, 0) is 30.5 Å². The van der Waals surface area contributed by atoms with Crippen LogP contribution >= 0.6 is 11.6 Å². The maximum Gasteiger partial charge on any atom is 0.175 e. The van der Waals surface area contributed by atoms with Crippen LogP contribution in [0.15, 0.2) is 23.1 Å². The lowest BCUT2D eigenvalue weighted by atomic mass is 9.87. The Bertz CT molecular complexity index is 551. The molecule has 0 aliphatic heterocycles. The van der Waals surface area contributed by atoms with Crippen molar-refractivity contribution in [3.05, 3.63) is 23.2 Å². The Labute approximate surface area is 126 Å². The molecule has 1 aromatic carbocycles. The highest BCUT2D eigenvalue weighted by molar-refractivity contribution is 7.90. The van der Waals surface area contributed by atoms with Crippen LogP contribution in [0.5, 0.6) is 0 Å². The maximum absolute atomic E-state index is 11.5. The van der Waals surface area contributed by atoms with Crippen LogP contribution < -0.4 is 5.32 Å². The van der Waals surface area contributed by atoms with Crippen LogP contribution in [0.25, 0.3) is 0 Å². The monoisotopic (exact) mass is 315 g/mol. The standard InChI is InChI=1S/C15H22ClNO2S/c1-20(18,19)13-7-8-14(16)15(11-13)17-10-9-12-5-3-2-4-6-12/h7-8,11-12,17H,2-6,9-10H2,1H3. The molecule has 1 saturated carbocycles. The van der Waals surface area contributed by atoms with Gasteiger partial charge in [-0.1, -0.05) is 43.7 Å². The van der Waals surface area contributed by atoms with Gasteiger partial charge in [0.05, 0.1) is 15.6 Å². The lowest BCUT2D eigenvalue weighted by Gasteiger charge is -2.21. The molecule has 0 amide bonds. The zero-order valence-corrected chi connectivity index (χ0v) is 13.4. The predicted octanol–water partition coefficient (Wildman–Crippen LogP) is 4.13. The lowest BCUT2D eigenvalue weighted by Crippen LogP contribution is -2.12. The largest absolute Gasteiger partial charge is 0.384 e. The molecule has 1 N–H and O–H groups in total. The summed E-state index contributed by atoms with van der Waals surface area (Å²) >= 11 is 6.11. The van der Waals surface area contributed by atoms with E-state index in [1.54, 1.807) is 18.2 Å². The predicted molar refractivity (Wildman–Crippen MR) is 84.2 cm³/mol. The summed E-state index contributed by atoms with van der Waals surface area (Å²) < 4.78 is 23.1. The minimum atomic E-state index is -3.19. The van der Waals surface area contributed by atoms with Crippen molar-refractivity contribution in [2.24, 2.45) is 5.92 Å². The van der Waals surface area contributed by atoms with Crippen molar-refractivity contribution in [2.75, 3.05) is 18.1 Å². The summed E-state index contributed by atoms with van der Waals surface area (Å²) in [5.41, 5.74) is 0.713. The fourth-order valence-corrected chi connectivity index (χ4v) is 3.59. The van der Waals surface area contributed by atoms with Gasteiger partial charge in [0, 0.05) is 12.8 Å². The van der Waals surface area contributed by atoms with E-state index in [-0.39, 0.29) is 0 Å². The number of halogens is 1. The molecule has 1 aliphatic carbocycles. The molecule has 0 radical (unpaired) electrons. The molecule has 1 fully saturated rings. The number of nitrogens with one attached hydrogen (secondary N) is 1. The maximum atomic E-state index is 11.5. The molecule has 20 heavy (non-hydrogen) atoms. The normalized spacial score (nSPS) is 17.1. The zero-order chi connectivity index (χ0) is 14.6. The number of benzene rings is 1. The van der Waals surface area contributed by atoms with E-state index in [2.05, 4.69) is 5.32 Å². The van der Waals surface area contributed by atoms with E-state index >= 15 is 0 Å². The molecule has 0 spiro atoms. The van der Waals surface area contributed by atoms with E-state index in [4.69, 9.17) is 11.6 Å². The van der Waals surface area contributed by atoms with E-state index in [1.165, 1.54) is 38.4 Å². The molecule has 0 saturated heterocycles. The summed E-state index contributed by atoms with van der Waals surface area (Å²) in [7, 11) is -3.19. The van der Waals surface area contributed by atoms with Gasteiger partial charge >= 0.3 is 0 Å². The second kappa shape index (κ2) is 6.81. The smallest absolute Gasteiger partial charge is 0.175 e. The van der Waals surface area contributed by atoms with Crippen molar-refractivity contribution >= 4 is 27.1 Å². The second-order valence-corrected chi connectivity index (χ2v) is 8.06. The van der Waals surface area contributed by atoms with Crippen LogP contribution in [-0.2, 0) is 9.84 Å². The minimum absolute atomic E-state index is 0.307. The van der Waals surface area contributed by atoms with Crippen molar-refractivity contribution in [3.63, 3.8) is 0 Å². The lowest BCUT2D eigenvalue weighted by molar-refractivity contribution is 0.345. The third-order valence-corrected chi connectivity index (χ3v) is 5.40. The topological polar surface area (TPSA) is 46.2 Å². The number of sulfone groups is 1. The Morgan fingerprint density at radius 1 is 1.25 bits per heavy atom. The Morgan fingerprint density at radius 2 is 1.95 bits per heavy atom. The van der Waals surface area contributed by atoms with Gasteiger partial charge in [-0.2, -0.15) is 0 Å². The summed E-state index contributed by atoms with van der Waals surface area (Å²) in [6.07, 6.45) is 9.02. The van der Waals surface area contributed by atoms with Gasteiger partial charge in [-0.25, -0.2) is 8.42 Å². The van der Waals surface area contributed by atoms with E-state index in [1.807, 2.05) is 0 Å². The van der Waals surface area contributed by atoms with Crippen molar-refractivity contribution in [1.29, 1.82) is 0 Å². The minimum Gasteiger partial charge on any atom is -0.384 e. The van der Waals surface area contributed by atoms with Crippen molar-refractivity contribution in [3.8, 4) is 0 Å². The van der Waals surface area contributed by atoms with E-state index in [0.29, 0.717) is 15.6 Å². The Kier molecular flexibility index (Phi) is 5.33. The Balaban J connectivity index is 1.94. The van der Waals surface area contributed by atoms with E-state index in [0.717, 1.165) is 18.9 Å². The molecule has 3 nitrogen and oxygen atoms in total. The molecule has 1 aliphatic rings. The summed E-state index contributed by atoms with van der Waals surface area (Å²) in [5.74, 6) is 0.799. The van der Waals surface area contributed by atoms with Crippen LogP contribution in [-0.4, -0.2) is 21.2 Å². The molecule has 0 heterocycles. The number of hydrogen-bond donors (Lipinski definition) is 1. The Morgan fingerprint density at radius 3 is 2.60 bits per heavy atom. The van der Waals surface area contributed by atoms with Gasteiger partial charge in [-0.15, -0.1) is 0 Å². The molecule has 0 bridgehead atoms. The summed E-state index contributed by atoms with van der Waals surface area (Å²) in [6, 6.07) is 4.81. The molecular weight excluding hydrogens is 294 g/mol. The average Bonchev–Trinajstić information content (AvgIpc) is 2.41. The first-order valence-corrected chi connectivity index (χ1v) is 9.47. The van der Waals surface area contributed by atoms with Gasteiger partial charge in [0.25, 0.3) is 0 Å². The van der Waals surface area contributed by atoms with Crippen molar-refractivity contribution in [1.82, 2.24) is 0 Å². The van der Waals surface area contributed by atoms with E-state index in [9.17, 15) is 8.42 Å². The van der Waals surface area contributed by atoms with Crippen LogP contribution in [0, 0.1) is 5.92 Å². The molecule has 5 heteroatoms. The van der Waals surface area contributed by atoms with Crippen LogP contribution in [0.2, 0.25) is 5.02 Å². The fourth-order valence-electron chi connectivity index (χ4n) is 2.76. The molecule has 0 aromatic heterocycles. The van der Waals surface area contributed by atoms with Gasteiger partial charge < -0.3 is 5.32 Å². The first-order chi connectivity index (χ1) is 9.47. The Hall–Kier alpha value is -0.740. The van der Waals surface area contributed by atoms with Crippen LogP contribution in [0.4, 0.5) is 5.69 Å². The summed E-state index contributed by atoms with van der Waals surface area (Å²) in [5, 5.41) is 3.85. The van der Waals surface area contributed by atoms with Gasteiger partial charge in [0.2, 0.25) is 0 Å². The van der Waals surface area contributed by atoms with Crippen molar-refractivity contribution < 1.29 is 8.42 Å². The SMILES string of the molecule is CS(=O)(=O)c1ccc(Cl)c(NCCC2CCCCC2)c1. The first-order valence-electron chi connectivity index (χ1n) is 7.20. The molecule has 2 rings (SSSR count). The number of rotatable bonds is 5. The summed E-state index contributed by atoms with van der Waals surface area (Å²) in [6.45, 7) is 0.845. The molecular formula is C15H22ClNO2S. The quantitative estimate of drug-likeness (QED) is 0.888. The number of hydrogen-bond acceptors (Lipinski definition) is 3. The van der Waals surface area contributed by atoms with Crippen LogP contribution in [0.1, 0.15) is 38.5 Å². The number of anilines is 1. The second-order valence-electron chi connectivity index (χ2n) is 5.63. The molecule has 0 unspecified atom stereocenters. The third-order valence-electron chi connectivity index (χ3n) is 3.96. The van der Waals surface area contributed by atoms with Gasteiger partial charge in [0.15, 0.2) is 9.84 Å². The van der Waals surface area contributed by atoms with Gasteiger partial charge in [0.1, 0.15) is 0 Å². The average molecular weight is 316 g/mol.